The first-order valence-corrected chi connectivity index (χ1v) is 8.31. The van der Waals surface area contributed by atoms with Crippen molar-refractivity contribution in [3.05, 3.63) is 76.0 Å². The van der Waals surface area contributed by atoms with Gasteiger partial charge in [0.2, 0.25) is 5.90 Å². The van der Waals surface area contributed by atoms with Gasteiger partial charge in [-0.2, -0.15) is 0 Å². The molecular formula is C20H14ClNO4. The minimum absolute atomic E-state index is 0.203. The van der Waals surface area contributed by atoms with Crippen LogP contribution in [0, 0.1) is 0 Å². The van der Waals surface area contributed by atoms with Crippen LogP contribution in [0.25, 0.3) is 6.08 Å². The van der Waals surface area contributed by atoms with Crippen LogP contribution in [0.15, 0.2) is 64.8 Å². The van der Waals surface area contributed by atoms with Gasteiger partial charge in [0.25, 0.3) is 0 Å². The maximum absolute atomic E-state index is 12.1. The highest BCUT2D eigenvalue weighted by molar-refractivity contribution is 6.34. The van der Waals surface area contributed by atoms with Crippen molar-refractivity contribution in [1.29, 1.82) is 0 Å². The van der Waals surface area contributed by atoms with E-state index in [1.165, 1.54) is 0 Å². The van der Waals surface area contributed by atoms with Gasteiger partial charge >= 0.3 is 5.97 Å². The first kappa shape index (κ1) is 16.4. The summed E-state index contributed by atoms with van der Waals surface area (Å²) in [4.78, 5) is 16.4. The first-order valence-electron chi connectivity index (χ1n) is 7.93. The van der Waals surface area contributed by atoms with E-state index in [0.717, 1.165) is 22.6 Å². The molecule has 0 aromatic heterocycles. The lowest BCUT2D eigenvalue weighted by molar-refractivity contribution is -0.130. The average molecular weight is 368 g/mol. The van der Waals surface area contributed by atoms with Gasteiger partial charge in [0.15, 0.2) is 5.70 Å². The third-order valence-corrected chi connectivity index (χ3v) is 4.33. The van der Waals surface area contributed by atoms with Crippen molar-refractivity contribution in [2.75, 3.05) is 13.7 Å². The number of hydrogen-bond acceptors (Lipinski definition) is 5. The molecule has 0 fully saturated rings. The summed E-state index contributed by atoms with van der Waals surface area (Å²) in [5, 5.41) is 0.475. The Balaban J connectivity index is 1.65. The largest absolute Gasteiger partial charge is 0.497 e. The topological polar surface area (TPSA) is 57.1 Å². The number of benzene rings is 2. The van der Waals surface area contributed by atoms with Gasteiger partial charge in [-0.3, -0.25) is 0 Å². The number of hydrogen-bond donors (Lipinski definition) is 0. The zero-order valence-corrected chi connectivity index (χ0v) is 14.6. The Kier molecular flexibility index (Phi) is 4.22. The first-order chi connectivity index (χ1) is 12.6. The lowest BCUT2D eigenvalue weighted by Gasteiger charge is -2.16. The monoisotopic (exact) mass is 367 g/mol. The summed E-state index contributed by atoms with van der Waals surface area (Å²) < 4.78 is 16.2. The molecule has 2 aromatic rings. The van der Waals surface area contributed by atoms with Crippen LogP contribution in [0.5, 0.6) is 11.5 Å². The summed E-state index contributed by atoms with van der Waals surface area (Å²) >= 11 is 6.14. The number of cyclic esters (lactones) is 1. The van der Waals surface area contributed by atoms with E-state index in [2.05, 4.69) is 4.99 Å². The Morgan fingerprint density at radius 3 is 2.88 bits per heavy atom. The number of aliphatic imine (C=N–C) groups is 1. The van der Waals surface area contributed by atoms with E-state index in [-0.39, 0.29) is 11.6 Å². The Bertz CT molecular complexity index is 991. The molecule has 0 bridgehead atoms. The number of carbonyl (C=O) groups excluding carboxylic acids is 1. The van der Waals surface area contributed by atoms with Gasteiger partial charge in [-0.05, 0) is 42.0 Å². The lowest BCUT2D eigenvalue weighted by atomic mass is 10.1. The number of halogens is 1. The highest BCUT2D eigenvalue weighted by Gasteiger charge is 2.26. The molecule has 130 valence electrons. The average Bonchev–Trinajstić information content (AvgIpc) is 3.02. The Morgan fingerprint density at radius 1 is 1.23 bits per heavy atom. The molecule has 5 nitrogen and oxygen atoms in total. The second-order valence-electron chi connectivity index (χ2n) is 5.73. The Hall–Kier alpha value is -3.05. The van der Waals surface area contributed by atoms with E-state index in [1.54, 1.807) is 31.4 Å². The maximum Gasteiger partial charge on any atom is 0.363 e. The van der Waals surface area contributed by atoms with Gasteiger partial charge in [-0.15, -0.1) is 0 Å². The van der Waals surface area contributed by atoms with E-state index in [1.807, 2.05) is 30.3 Å². The number of esters is 1. The molecule has 0 radical (unpaired) electrons. The maximum atomic E-state index is 12.1. The molecule has 0 saturated carbocycles. The summed E-state index contributed by atoms with van der Waals surface area (Å²) in [6.07, 6.45) is 3.61. The number of nitrogens with zero attached hydrogens (tertiary/aromatic N) is 1. The highest BCUT2D eigenvalue weighted by Crippen LogP contribution is 2.31. The molecule has 2 aliphatic heterocycles. The standard InChI is InChI=1S/C20H14ClNO4/c1-24-14-7-6-13-8-12(11-25-18(13)10-14)9-17-20(23)26-19(22-17)15-4-2-3-5-16(15)21/h2-10H,11H2,1H3. The van der Waals surface area contributed by atoms with Gasteiger partial charge in [0.05, 0.1) is 17.7 Å². The molecule has 0 amide bonds. The van der Waals surface area contributed by atoms with Crippen molar-refractivity contribution in [3.63, 3.8) is 0 Å². The molecule has 2 aromatic carbocycles. The fourth-order valence-corrected chi connectivity index (χ4v) is 2.92. The van der Waals surface area contributed by atoms with E-state index in [0.29, 0.717) is 17.2 Å². The van der Waals surface area contributed by atoms with Gasteiger partial charge < -0.3 is 14.2 Å². The minimum atomic E-state index is -0.513. The number of ether oxygens (including phenoxy) is 3. The van der Waals surface area contributed by atoms with Crippen LogP contribution >= 0.6 is 11.6 Å². The van der Waals surface area contributed by atoms with Crippen LogP contribution in [0.2, 0.25) is 5.02 Å². The predicted molar refractivity (Wildman–Crippen MR) is 98.6 cm³/mol. The zero-order valence-electron chi connectivity index (χ0n) is 13.9. The number of rotatable bonds is 3. The summed E-state index contributed by atoms with van der Waals surface area (Å²) in [6, 6.07) is 12.7. The molecule has 2 aliphatic rings. The second-order valence-corrected chi connectivity index (χ2v) is 6.13. The molecule has 26 heavy (non-hydrogen) atoms. The summed E-state index contributed by atoms with van der Waals surface area (Å²) in [7, 11) is 1.61. The van der Waals surface area contributed by atoms with Crippen molar-refractivity contribution in [3.8, 4) is 11.5 Å². The second kappa shape index (κ2) is 6.69. The molecule has 0 N–H and O–H groups in total. The summed E-state index contributed by atoms with van der Waals surface area (Å²) in [6.45, 7) is 0.327. The fraction of sp³-hybridized carbons (Fsp3) is 0.100. The third-order valence-electron chi connectivity index (χ3n) is 4.00. The van der Waals surface area contributed by atoms with Gasteiger partial charge in [0, 0.05) is 11.6 Å². The van der Waals surface area contributed by atoms with Crippen LogP contribution in [0.3, 0.4) is 0 Å². The van der Waals surface area contributed by atoms with Gasteiger partial charge in [-0.1, -0.05) is 23.7 Å². The highest BCUT2D eigenvalue weighted by atomic mass is 35.5. The van der Waals surface area contributed by atoms with Crippen molar-refractivity contribution in [2.45, 2.75) is 0 Å². The molecule has 0 aliphatic carbocycles. The van der Waals surface area contributed by atoms with E-state index in [9.17, 15) is 4.79 Å². The molecular weight excluding hydrogens is 354 g/mol. The predicted octanol–water partition coefficient (Wildman–Crippen LogP) is 4.01. The molecule has 0 atom stereocenters. The van der Waals surface area contributed by atoms with Crippen molar-refractivity contribution in [2.24, 2.45) is 4.99 Å². The molecule has 6 heteroatoms. The van der Waals surface area contributed by atoms with Gasteiger partial charge in [-0.25, -0.2) is 9.79 Å². The number of carbonyl (C=O) groups is 1. The molecule has 4 rings (SSSR count). The summed E-state index contributed by atoms with van der Waals surface area (Å²) in [5.74, 6) is 1.16. The van der Waals surface area contributed by atoms with Crippen LogP contribution in [-0.4, -0.2) is 25.6 Å². The smallest absolute Gasteiger partial charge is 0.363 e. The third kappa shape index (κ3) is 3.09. The lowest BCUT2D eigenvalue weighted by Crippen LogP contribution is -2.08. The van der Waals surface area contributed by atoms with Crippen molar-refractivity contribution in [1.82, 2.24) is 0 Å². The van der Waals surface area contributed by atoms with E-state index in [4.69, 9.17) is 25.8 Å². The minimum Gasteiger partial charge on any atom is -0.497 e. The SMILES string of the molecule is COc1ccc2c(c1)OCC(C=C1N=C(c3ccccc3Cl)OC1=O)=C2. The quantitative estimate of drug-likeness (QED) is 0.607. The molecule has 0 spiro atoms. The fourth-order valence-electron chi connectivity index (χ4n) is 2.71. The normalized spacial score (nSPS) is 17.2. The van der Waals surface area contributed by atoms with E-state index >= 15 is 0 Å². The number of methoxy groups -OCH3 is 1. The van der Waals surface area contributed by atoms with Crippen molar-refractivity contribution >= 4 is 29.5 Å². The van der Waals surface area contributed by atoms with Crippen LogP contribution < -0.4 is 9.47 Å². The van der Waals surface area contributed by atoms with Gasteiger partial charge in [0.1, 0.15) is 18.1 Å². The molecule has 0 saturated heterocycles. The van der Waals surface area contributed by atoms with Crippen LogP contribution in [0.1, 0.15) is 11.1 Å². The molecule has 0 unspecified atom stereocenters. The van der Waals surface area contributed by atoms with Crippen molar-refractivity contribution < 1.29 is 19.0 Å². The Morgan fingerprint density at radius 2 is 2.08 bits per heavy atom. The Labute approximate surface area is 155 Å². The molecule has 2 heterocycles. The van der Waals surface area contributed by atoms with Crippen LogP contribution in [0.4, 0.5) is 0 Å². The zero-order chi connectivity index (χ0) is 18.1. The van der Waals surface area contributed by atoms with E-state index < -0.39 is 5.97 Å². The van der Waals surface area contributed by atoms with Crippen LogP contribution in [-0.2, 0) is 9.53 Å². The summed E-state index contributed by atoms with van der Waals surface area (Å²) in [5.41, 5.74) is 2.52. The number of fused-ring (bicyclic) bond motifs is 1.